The number of aliphatic carboxylic acids is 1. The van der Waals surface area contributed by atoms with Gasteiger partial charge in [0.15, 0.2) is 0 Å². The molecule has 1 N–H and O–H groups in total. The van der Waals surface area contributed by atoms with E-state index in [1.165, 1.54) is 0 Å². The summed E-state index contributed by atoms with van der Waals surface area (Å²) in [5.74, 6) is -0.794. The molecule has 1 amide bonds. The van der Waals surface area contributed by atoms with Crippen LogP contribution in [0.1, 0.15) is 65.7 Å². The van der Waals surface area contributed by atoms with E-state index in [1.807, 2.05) is 18.7 Å². The van der Waals surface area contributed by atoms with Gasteiger partial charge in [-0.15, -0.1) is 0 Å². The quantitative estimate of drug-likeness (QED) is 0.689. The van der Waals surface area contributed by atoms with Gasteiger partial charge in [-0.1, -0.05) is 26.2 Å². The molecule has 1 aliphatic carbocycles. The fourth-order valence-corrected chi connectivity index (χ4v) is 2.66. The van der Waals surface area contributed by atoms with Crippen LogP contribution in [0.4, 0.5) is 0 Å². The molecule has 1 aliphatic rings. The van der Waals surface area contributed by atoms with Gasteiger partial charge in [0.1, 0.15) is 0 Å². The number of rotatable bonds is 8. The van der Waals surface area contributed by atoms with E-state index in [0.717, 1.165) is 32.2 Å². The minimum Gasteiger partial charge on any atom is -0.481 e. The highest BCUT2D eigenvalue weighted by atomic mass is 16.4. The zero-order valence-electron chi connectivity index (χ0n) is 12.4. The number of carboxylic acids is 1. The van der Waals surface area contributed by atoms with Gasteiger partial charge >= 0.3 is 5.97 Å². The average Bonchev–Trinajstić information content (AvgIpc) is 2.28. The van der Waals surface area contributed by atoms with Gasteiger partial charge in [-0.2, -0.15) is 0 Å². The van der Waals surface area contributed by atoms with Crippen LogP contribution in [-0.2, 0) is 9.59 Å². The Morgan fingerprint density at radius 1 is 1.26 bits per heavy atom. The molecule has 0 radical (unpaired) electrons. The number of hydrogen-bond donors (Lipinski definition) is 1. The minimum absolute atomic E-state index is 0.00760. The molecule has 0 atom stereocenters. The molecule has 0 bridgehead atoms. The molecular weight excluding hydrogens is 242 g/mol. The summed E-state index contributed by atoms with van der Waals surface area (Å²) >= 11 is 0. The second-order valence-corrected chi connectivity index (χ2v) is 6.00. The Kier molecular flexibility index (Phi) is 5.83. The Morgan fingerprint density at radius 2 is 1.89 bits per heavy atom. The number of hydrogen-bond acceptors (Lipinski definition) is 2. The van der Waals surface area contributed by atoms with Crippen LogP contribution in [0.3, 0.4) is 0 Å². The summed E-state index contributed by atoms with van der Waals surface area (Å²) in [6.45, 7) is 6.88. The van der Waals surface area contributed by atoms with Gasteiger partial charge in [-0.25, -0.2) is 0 Å². The third kappa shape index (κ3) is 3.95. The molecule has 0 aromatic carbocycles. The third-order valence-electron chi connectivity index (χ3n) is 4.20. The average molecular weight is 269 g/mol. The van der Waals surface area contributed by atoms with E-state index in [2.05, 4.69) is 6.92 Å². The molecule has 1 fully saturated rings. The van der Waals surface area contributed by atoms with Crippen LogP contribution in [0.2, 0.25) is 0 Å². The van der Waals surface area contributed by atoms with Crippen molar-refractivity contribution in [2.75, 3.05) is 6.54 Å². The topological polar surface area (TPSA) is 57.6 Å². The molecule has 110 valence electrons. The van der Waals surface area contributed by atoms with Crippen LogP contribution in [0.5, 0.6) is 0 Å². The van der Waals surface area contributed by atoms with Gasteiger partial charge < -0.3 is 10.0 Å². The smallest absolute Gasteiger partial charge is 0.310 e. The predicted molar refractivity (Wildman–Crippen MR) is 74.9 cm³/mol. The monoisotopic (exact) mass is 269 g/mol. The van der Waals surface area contributed by atoms with Crippen LogP contribution in [0, 0.1) is 5.41 Å². The zero-order valence-corrected chi connectivity index (χ0v) is 12.4. The first kappa shape index (κ1) is 16.0. The van der Waals surface area contributed by atoms with Gasteiger partial charge in [-0.05, 0) is 33.1 Å². The van der Waals surface area contributed by atoms with Gasteiger partial charge in [0.2, 0.25) is 5.91 Å². The first-order valence-electron chi connectivity index (χ1n) is 7.46. The van der Waals surface area contributed by atoms with Crippen molar-refractivity contribution < 1.29 is 14.7 Å². The molecule has 19 heavy (non-hydrogen) atoms. The maximum Gasteiger partial charge on any atom is 0.310 e. The fraction of sp³-hybridized carbons (Fsp3) is 0.867. The van der Waals surface area contributed by atoms with Crippen molar-refractivity contribution in [3.8, 4) is 0 Å². The molecule has 0 saturated heterocycles. The molecule has 1 rings (SSSR count). The number of carbonyl (C=O) groups is 2. The van der Waals surface area contributed by atoms with Crippen molar-refractivity contribution in [1.29, 1.82) is 0 Å². The normalized spacial score (nSPS) is 17.1. The van der Waals surface area contributed by atoms with E-state index < -0.39 is 11.4 Å². The highest BCUT2D eigenvalue weighted by molar-refractivity contribution is 5.85. The second kappa shape index (κ2) is 6.92. The largest absolute Gasteiger partial charge is 0.481 e. The van der Waals surface area contributed by atoms with E-state index in [1.54, 1.807) is 0 Å². The minimum atomic E-state index is -0.802. The molecule has 0 spiro atoms. The molecular formula is C15H27NO3. The molecule has 0 heterocycles. The molecule has 0 aromatic heterocycles. The Morgan fingerprint density at radius 3 is 2.26 bits per heavy atom. The summed E-state index contributed by atoms with van der Waals surface area (Å²) < 4.78 is 0. The predicted octanol–water partition coefficient (Wildman–Crippen LogP) is 3.06. The van der Waals surface area contributed by atoms with Crippen LogP contribution < -0.4 is 0 Å². The molecule has 0 unspecified atom stereocenters. The zero-order chi connectivity index (χ0) is 14.5. The highest BCUT2D eigenvalue weighted by Gasteiger charge is 2.46. The van der Waals surface area contributed by atoms with E-state index >= 15 is 0 Å². The van der Waals surface area contributed by atoms with Crippen molar-refractivity contribution in [3.63, 3.8) is 0 Å². The number of carbonyl (C=O) groups excluding carboxylic acids is 1. The van der Waals surface area contributed by atoms with E-state index in [-0.39, 0.29) is 18.4 Å². The first-order valence-corrected chi connectivity index (χ1v) is 7.46. The lowest BCUT2D eigenvalue weighted by atomic mass is 9.66. The van der Waals surface area contributed by atoms with Crippen LogP contribution in [0.25, 0.3) is 0 Å². The Labute approximate surface area is 116 Å². The van der Waals surface area contributed by atoms with Crippen LogP contribution >= 0.6 is 0 Å². The molecule has 1 saturated carbocycles. The Hall–Kier alpha value is -1.06. The Bertz CT molecular complexity index is 321. The first-order chi connectivity index (χ1) is 8.93. The van der Waals surface area contributed by atoms with Crippen molar-refractivity contribution in [1.82, 2.24) is 4.90 Å². The van der Waals surface area contributed by atoms with Crippen molar-refractivity contribution in [2.45, 2.75) is 71.8 Å². The summed E-state index contributed by atoms with van der Waals surface area (Å²) in [7, 11) is 0. The van der Waals surface area contributed by atoms with Crippen LogP contribution in [-0.4, -0.2) is 34.5 Å². The van der Waals surface area contributed by atoms with Gasteiger partial charge in [0.25, 0.3) is 0 Å². The van der Waals surface area contributed by atoms with Crippen molar-refractivity contribution in [3.05, 3.63) is 0 Å². The number of unbranched alkanes of at least 4 members (excludes halogenated alkanes) is 2. The van der Waals surface area contributed by atoms with Gasteiger partial charge in [0.05, 0.1) is 5.41 Å². The van der Waals surface area contributed by atoms with Crippen molar-refractivity contribution in [2.24, 2.45) is 5.41 Å². The summed E-state index contributed by atoms with van der Waals surface area (Å²) in [4.78, 5) is 25.5. The number of carboxylic acid groups (broad SMARTS) is 1. The van der Waals surface area contributed by atoms with Crippen LogP contribution in [0.15, 0.2) is 0 Å². The summed E-state index contributed by atoms with van der Waals surface area (Å²) in [6.07, 6.45) is 5.63. The standard InChI is InChI=1S/C15H27NO3/c1-4-5-6-10-16(12(2)3)13(17)11-15(14(18)19)8-7-9-15/h12H,4-11H2,1-3H3,(H,18,19). The Balaban J connectivity index is 2.59. The van der Waals surface area contributed by atoms with Gasteiger partial charge in [-0.3, -0.25) is 9.59 Å². The number of amides is 1. The maximum atomic E-state index is 12.4. The molecule has 4 heteroatoms. The summed E-state index contributed by atoms with van der Waals surface area (Å²) in [6, 6.07) is 0.148. The lowest BCUT2D eigenvalue weighted by molar-refractivity contribution is -0.160. The fourth-order valence-electron chi connectivity index (χ4n) is 2.66. The van der Waals surface area contributed by atoms with Crippen molar-refractivity contribution >= 4 is 11.9 Å². The summed E-state index contributed by atoms with van der Waals surface area (Å²) in [5.41, 5.74) is -0.769. The lowest BCUT2D eigenvalue weighted by Gasteiger charge is -2.39. The van der Waals surface area contributed by atoms with Gasteiger partial charge in [0, 0.05) is 19.0 Å². The lowest BCUT2D eigenvalue weighted by Crippen LogP contribution is -2.46. The SMILES string of the molecule is CCCCCN(C(=O)CC1(C(=O)O)CCC1)C(C)C. The van der Waals surface area contributed by atoms with E-state index in [4.69, 9.17) is 0 Å². The third-order valence-corrected chi connectivity index (χ3v) is 4.20. The summed E-state index contributed by atoms with van der Waals surface area (Å²) in [5, 5.41) is 9.30. The molecule has 4 nitrogen and oxygen atoms in total. The molecule has 0 aromatic rings. The van der Waals surface area contributed by atoms with E-state index in [9.17, 15) is 14.7 Å². The highest BCUT2D eigenvalue weighted by Crippen LogP contribution is 2.44. The number of nitrogens with zero attached hydrogens (tertiary/aromatic N) is 1. The molecule has 0 aliphatic heterocycles. The second-order valence-electron chi connectivity index (χ2n) is 6.00. The maximum absolute atomic E-state index is 12.4. The van der Waals surface area contributed by atoms with E-state index in [0.29, 0.717) is 12.8 Å².